The summed E-state index contributed by atoms with van der Waals surface area (Å²) in [6, 6.07) is 3.77. The van der Waals surface area contributed by atoms with Crippen LogP contribution in [0, 0.1) is 5.41 Å². The molecule has 21 heavy (non-hydrogen) atoms. The van der Waals surface area contributed by atoms with E-state index in [1.54, 1.807) is 7.05 Å². The molecule has 0 aliphatic carbocycles. The minimum atomic E-state index is -0.466. The van der Waals surface area contributed by atoms with E-state index in [0.717, 1.165) is 5.56 Å². The maximum atomic E-state index is 11.7. The molecule has 6 heteroatoms. The molecular weight excluding hydrogens is 292 g/mol. The van der Waals surface area contributed by atoms with Crippen LogP contribution in [0.3, 0.4) is 0 Å². The molecule has 0 spiro atoms. The lowest BCUT2D eigenvalue weighted by Gasteiger charge is -2.23. The first kappa shape index (κ1) is 15.9. The predicted molar refractivity (Wildman–Crippen MR) is 82.0 cm³/mol. The van der Waals surface area contributed by atoms with Crippen LogP contribution >= 0.6 is 11.6 Å². The number of benzene rings is 1. The molecule has 0 saturated carbocycles. The minimum absolute atomic E-state index is 0.00945. The highest BCUT2D eigenvalue weighted by Crippen LogP contribution is 2.38. The number of rotatable bonds is 5. The van der Waals surface area contributed by atoms with Crippen LogP contribution in [0.1, 0.15) is 19.4 Å². The van der Waals surface area contributed by atoms with Crippen molar-refractivity contribution >= 4 is 17.5 Å². The number of carbonyl (C=O) groups is 1. The van der Waals surface area contributed by atoms with E-state index in [1.807, 2.05) is 26.0 Å². The summed E-state index contributed by atoms with van der Waals surface area (Å²) in [7, 11) is 1.64. The number of amides is 1. The Morgan fingerprint density at radius 3 is 2.76 bits per heavy atom. The van der Waals surface area contributed by atoms with Crippen molar-refractivity contribution in [3.05, 3.63) is 22.7 Å². The van der Waals surface area contributed by atoms with Gasteiger partial charge in [-0.15, -0.1) is 0 Å². The molecule has 0 aromatic heterocycles. The first-order chi connectivity index (χ1) is 9.94. The van der Waals surface area contributed by atoms with Crippen molar-refractivity contribution in [2.75, 3.05) is 26.8 Å². The van der Waals surface area contributed by atoms with Crippen molar-refractivity contribution in [2.45, 2.75) is 20.4 Å². The number of halogens is 1. The molecule has 0 radical (unpaired) electrons. The third kappa shape index (κ3) is 3.80. The van der Waals surface area contributed by atoms with Crippen LogP contribution in [0.15, 0.2) is 12.1 Å². The molecule has 1 aromatic rings. The third-order valence-electron chi connectivity index (χ3n) is 3.39. The Hall–Kier alpha value is -1.46. The molecular formula is C15H21ClN2O3. The van der Waals surface area contributed by atoms with Gasteiger partial charge in [0.25, 0.3) is 0 Å². The standard InChI is InChI=1S/C15H21ClN2O3/c1-15(2,14(19)17-3)9-18-8-10-6-11(16)13-12(7-10)20-4-5-21-13/h6-7,18H,4-5,8-9H2,1-3H3,(H,17,19). The lowest BCUT2D eigenvalue weighted by molar-refractivity contribution is -0.128. The van der Waals surface area contributed by atoms with Gasteiger partial charge in [-0.05, 0) is 31.5 Å². The Kier molecular flexibility index (Phi) is 4.96. The maximum Gasteiger partial charge on any atom is 0.226 e. The second-order valence-electron chi connectivity index (χ2n) is 5.67. The largest absolute Gasteiger partial charge is 0.486 e. The van der Waals surface area contributed by atoms with Crippen LogP contribution in [-0.2, 0) is 11.3 Å². The Morgan fingerprint density at radius 1 is 1.33 bits per heavy atom. The monoisotopic (exact) mass is 312 g/mol. The number of fused-ring (bicyclic) bond motifs is 1. The van der Waals surface area contributed by atoms with Crippen molar-refractivity contribution in [3.8, 4) is 11.5 Å². The maximum absolute atomic E-state index is 11.7. The van der Waals surface area contributed by atoms with Gasteiger partial charge in [0.15, 0.2) is 11.5 Å². The summed E-state index contributed by atoms with van der Waals surface area (Å²) in [5, 5.41) is 6.49. The molecule has 2 rings (SSSR count). The molecule has 2 N–H and O–H groups in total. The van der Waals surface area contributed by atoms with Gasteiger partial charge < -0.3 is 20.1 Å². The predicted octanol–water partition coefficient (Wildman–Crippen LogP) is 1.97. The highest BCUT2D eigenvalue weighted by Gasteiger charge is 2.26. The number of carbonyl (C=O) groups excluding carboxylic acids is 1. The molecule has 5 nitrogen and oxygen atoms in total. The molecule has 0 atom stereocenters. The third-order valence-corrected chi connectivity index (χ3v) is 3.68. The van der Waals surface area contributed by atoms with Crippen LogP contribution in [0.25, 0.3) is 0 Å². The minimum Gasteiger partial charge on any atom is -0.486 e. The van der Waals surface area contributed by atoms with Crippen LogP contribution in [-0.4, -0.2) is 32.7 Å². The molecule has 1 aliphatic heterocycles. The Balaban J connectivity index is 1.98. The molecule has 1 amide bonds. The van der Waals surface area contributed by atoms with Gasteiger partial charge in [0, 0.05) is 20.1 Å². The number of hydrogen-bond acceptors (Lipinski definition) is 4. The summed E-state index contributed by atoms with van der Waals surface area (Å²) in [5.74, 6) is 1.30. The van der Waals surface area contributed by atoms with Crippen molar-refractivity contribution in [1.82, 2.24) is 10.6 Å². The van der Waals surface area contributed by atoms with Crippen LogP contribution in [0.5, 0.6) is 11.5 Å². The molecule has 0 bridgehead atoms. The van der Waals surface area contributed by atoms with E-state index in [1.165, 1.54) is 0 Å². The summed E-state index contributed by atoms with van der Waals surface area (Å²) in [4.78, 5) is 11.7. The van der Waals surface area contributed by atoms with Crippen molar-refractivity contribution in [3.63, 3.8) is 0 Å². The van der Waals surface area contributed by atoms with E-state index < -0.39 is 5.41 Å². The van der Waals surface area contributed by atoms with E-state index in [2.05, 4.69) is 10.6 Å². The Bertz CT molecular complexity index is 532. The van der Waals surface area contributed by atoms with Gasteiger partial charge in [-0.25, -0.2) is 0 Å². The van der Waals surface area contributed by atoms with Crippen molar-refractivity contribution in [1.29, 1.82) is 0 Å². The van der Waals surface area contributed by atoms with Gasteiger partial charge in [-0.1, -0.05) is 11.6 Å². The summed E-state index contributed by atoms with van der Waals surface area (Å²) in [5.41, 5.74) is 0.531. The fourth-order valence-corrected chi connectivity index (χ4v) is 2.49. The molecule has 0 saturated heterocycles. The summed E-state index contributed by atoms with van der Waals surface area (Å²) < 4.78 is 11.0. The normalized spacial score (nSPS) is 13.9. The highest BCUT2D eigenvalue weighted by atomic mass is 35.5. The SMILES string of the molecule is CNC(=O)C(C)(C)CNCc1cc(Cl)c2c(c1)OCCO2. The van der Waals surface area contributed by atoms with Gasteiger partial charge in [-0.3, -0.25) is 4.79 Å². The second-order valence-corrected chi connectivity index (χ2v) is 6.08. The number of ether oxygens (including phenoxy) is 2. The summed E-state index contributed by atoms with van der Waals surface area (Å²) >= 11 is 6.19. The zero-order chi connectivity index (χ0) is 15.5. The van der Waals surface area contributed by atoms with Crippen LogP contribution in [0.2, 0.25) is 5.02 Å². The lowest BCUT2D eigenvalue weighted by Crippen LogP contribution is -2.41. The quantitative estimate of drug-likeness (QED) is 0.873. The van der Waals surface area contributed by atoms with E-state index in [9.17, 15) is 4.79 Å². The first-order valence-corrected chi connectivity index (χ1v) is 7.33. The summed E-state index contributed by atoms with van der Waals surface area (Å²) in [6.07, 6.45) is 0. The van der Waals surface area contributed by atoms with E-state index >= 15 is 0 Å². The van der Waals surface area contributed by atoms with E-state index in [4.69, 9.17) is 21.1 Å². The fraction of sp³-hybridized carbons (Fsp3) is 0.533. The van der Waals surface area contributed by atoms with Gasteiger partial charge in [0.05, 0.1) is 10.4 Å². The average molecular weight is 313 g/mol. The van der Waals surface area contributed by atoms with Crippen LogP contribution < -0.4 is 20.1 Å². The molecule has 1 heterocycles. The number of hydrogen-bond donors (Lipinski definition) is 2. The van der Waals surface area contributed by atoms with Crippen molar-refractivity contribution in [2.24, 2.45) is 5.41 Å². The first-order valence-electron chi connectivity index (χ1n) is 6.95. The zero-order valence-electron chi connectivity index (χ0n) is 12.6. The van der Waals surface area contributed by atoms with Gasteiger partial charge in [0.1, 0.15) is 13.2 Å². The number of nitrogens with one attached hydrogen (secondary N) is 2. The van der Waals surface area contributed by atoms with Crippen molar-refractivity contribution < 1.29 is 14.3 Å². The molecule has 1 aromatic carbocycles. The van der Waals surface area contributed by atoms with Gasteiger partial charge in [-0.2, -0.15) is 0 Å². The molecule has 0 fully saturated rings. The summed E-state index contributed by atoms with van der Waals surface area (Å²) in [6.45, 7) is 6.02. The Morgan fingerprint density at radius 2 is 2.05 bits per heavy atom. The molecule has 1 aliphatic rings. The average Bonchev–Trinajstić information content (AvgIpc) is 2.46. The smallest absolute Gasteiger partial charge is 0.226 e. The van der Waals surface area contributed by atoms with Gasteiger partial charge >= 0.3 is 0 Å². The Labute approximate surface area is 130 Å². The second kappa shape index (κ2) is 6.54. The molecule has 116 valence electrons. The topological polar surface area (TPSA) is 59.6 Å². The highest BCUT2D eigenvalue weighted by molar-refractivity contribution is 6.32. The van der Waals surface area contributed by atoms with E-state index in [-0.39, 0.29) is 5.91 Å². The lowest BCUT2D eigenvalue weighted by atomic mass is 9.92. The fourth-order valence-electron chi connectivity index (χ4n) is 2.20. The van der Waals surface area contributed by atoms with Gasteiger partial charge in [0.2, 0.25) is 5.91 Å². The van der Waals surface area contributed by atoms with E-state index in [0.29, 0.717) is 42.8 Å². The zero-order valence-corrected chi connectivity index (χ0v) is 13.3. The molecule has 0 unspecified atom stereocenters. The van der Waals surface area contributed by atoms with Crippen LogP contribution in [0.4, 0.5) is 0 Å².